The van der Waals surface area contributed by atoms with Crippen LogP contribution in [-0.2, 0) is 4.74 Å². The van der Waals surface area contributed by atoms with Crippen LogP contribution in [0.25, 0.3) is 10.1 Å². The number of amides is 1. The molecule has 2 N–H and O–H groups in total. The van der Waals surface area contributed by atoms with Crippen LogP contribution in [0.2, 0.25) is 0 Å². The van der Waals surface area contributed by atoms with Gasteiger partial charge in [0.05, 0.1) is 24.4 Å². The number of hydrogen-bond acceptors (Lipinski definition) is 4. The van der Waals surface area contributed by atoms with Gasteiger partial charge in [0, 0.05) is 21.1 Å². The summed E-state index contributed by atoms with van der Waals surface area (Å²) in [5.41, 5.74) is 6.78. The molecule has 1 aliphatic heterocycles. The molecule has 2 aromatic rings. The van der Waals surface area contributed by atoms with Crippen LogP contribution in [0.4, 0.5) is 5.69 Å². The molecule has 0 saturated carbocycles. The molecule has 2 unspecified atom stereocenters. The Bertz CT molecular complexity index is 700. The molecule has 0 radical (unpaired) electrons. The number of benzene rings is 1. The predicted molar refractivity (Wildman–Crippen MR) is 89.8 cm³/mol. The monoisotopic (exact) mass is 368 g/mol. The van der Waals surface area contributed by atoms with Gasteiger partial charge in [-0.2, -0.15) is 0 Å². The van der Waals surface area contributed by atoms with E-state index in [1.54, 1.807) is 0 Å². The normalized spacial score (nSPS) is 22.7. The molecule has 2 atom stereocenters. The van der Waals surface area contributed by atoms with Crippen molar-refractivity contribution < 1.29 is 9.53 Å². The Balaban J connectivity index is 1.99. The maximum atomic E-state index is 12.8. The summed E-state index contributed by atoms with van der Waals surface area (Å²) in [4.78, 5) is 15.3. The molecule has 2 heterocycles. The van der Waals surface area contributed by atoms with E-state index in [0.717, 1.165) is 14.6 Å². The molecule has 0 spiro atoms. The van der Waals surface area contributed by atoms with Crippen LogP contribution in [0.1, 0.15) is 23.5 Å². The minimum absolute atomic E-state index is 0.00692. The summed E-state index contributed by atoms with van der Waals surface area (Å²) >= 11 is 4.90. The van der Waals surface area contributed by atoms with Gasteiger partial charge in [-0.05, 0) is 32.0 Å². The van der Waals surface area contributed by atoms with E-state index in [0.29, 0.717) is 23.7 Å². The molecule has 0 bridgehead atoms. The van der Waals surface area contributed by atoms with Gasteiger partial charge in [-0.3, -0.25) is 4.79 Å². The highest BCUT2D eigenvalue weighted by Crippen LogP contribution is 2.36. The second-order valence-electron chi connectivity index (χ2n) is 5.44. The molecular weight excluding hydrogens is 352 g/mol. The molecule has 6 heteroatoms. The van der Waals surface area contributed by atoms with Crippen LogP contribution in [0.3, 0.4) is 0 Å². The van der Waals surface area contributed by atoms with Crippen LogP contribution in [0.15, 0.2) is 22.7 Å². The predicted octanol–water partition coefficient (Wildman–Crippen LogP) is 3.50. The fraction of sp³-hybridized carbons (Fsp3) is 0.400. The molecule has 1 aliphatic rings. The third-order valence-corrected chi connectivity index (χ3v) is 5.42. The van der Waals surface area contributed by atoms with Crippen LogP contribution < -0.4 is 5.73 Å². The second-order valence-corrected chi connectivity index (χ2v) is 7.40. The summed E-state index contributed by atoms with van der Waals surface area (Å²) in [6.45, 7) is 5.17. The van der Waals surface area contributed by atoms with Gasteiger partial charge in [-0.15, -0.1) is 11.3 Å². The zero-order valence-electron chi connectivity index (χ0n) is 11.9. The lowest BCUT2D eigenvalue weighted by Gasteiger charge is -2.36. The van der Waals surface area contributed by atoms with Gasteiger partial charge in [0.25, 0.3) is 5.91 Å². The van der Waals surface area contributed by atoms with Crippen molar-refractivity contribution in [1.82, 2.24) is 4.90 Å². The third kappa shape index (κ3) is 2.67. The molecule has 1 aromatic heterocycles. The van der Waals surface area contributed by atoms with Crippen molar-refractivity contribution in [1.29, 1.82) is 0 Å². The number of anilines is 1. The molecule has 112 valence electrons. The van der Waals surface area contributed by atoms with Crippen LogP contribution in [0, 0.1) is 0 Å². The number of carbonyl (C=O) groups is 1. The SMILES string of the molecule is CC1CN(C(=O)c2sc3ccc(Br)cc3c2N)C(C)CO1. The van der Waals surface area contributed by atoms with Gasteiger partial charge in [0.15, 0.2) is 0 Å². The van der Waals surface area contributed by atoms with Gasteiger partial charge in [-0.1, -0.05) is 15.9 Å². The van der Waals surface area contributed by atoms with E-state index >= 15 is 0 Å². The van der Waals surface area contributed by atoms with Gasteiger partial charge in [-0.25, -0.2) is 0 Å². The van der Waals surface area contributed by atoms with Gasteiger partial charge in [0.2, 0.25) is 0 Å². The Morgan fingerprint density at radius 1 is 1.48 bits per heavy atom. The van der Waals surface area contributed by atoms with E-state index in [9.17, 15) is 4.79 Å². The standard InChI is InChI=1S/C15H17BrN2O2S/c1-8-7-20-9(2)6-18(8)15(19)14-13(17)11-5-10(16)3-4-12(11)21-14/h3-5,8-9H,6-7,17H2,1-2H3. The van der Waals surface area contributed by atoms with Crippen LogP contribution in [-0.4, -0.2) is 36.1 Å². The molecule has 1 saturated heterocycles. The van der Waals surface area contributed by atoms with E-state index in [-0.39, 0.29) is 18.1 Å². The number of morpholine rings is 1. The average Bonchev–Trinajstić information content (AvgIpc) is 2.78. The molecule has 3 rings (SSSR count). The number of nitrogens with zero attached hydrogens (tertiary/aromatic N) is 1. The fourth-order valence-corrected chi connectivity index (χ4v) is 3.98. The minimum atomic E-state index is 0.00692. The Hall–Kier alpha value is -1.11. The van der Waals surface area contributed by atoms with E-state index < -0.39 is 0 Å². The summed E-state index contributed by atoms with van der Waals surface area (Å²) in [6, 6.07) is 5.99. The summed E-state index contributed by atoms with van der Waals surface area (Å²) in [7, 11) is 0. The van der Waals surface area contributed by atoms with E-state index in [1.807, 2.05) is 36.9 Å². The number of nitrogens with two attached hydrogens (primary N) is 1. The fourth-order valence-electron chi connectivity index (χ4n) is 2.56. The van der Waals surface area contributed by atoms with Gasteiger partial charge in [0.1, 0.15) is 4.88 Å². The number of hydrogen-bond donors (Lipinski definition) is 1. The number of nitrogen functional groups attached to an aromatic ring is 1. The van der Waals surface area contributed by atoms with Crippen molar-refractivity contribution in [3.8, 4) is 0 Å². The van der Waals surface area contributed by atoms with E-state index in [1.165, 1.54) is 11.3 Å². The third-order valence-electron chi connectivity index (χ3n) is 3.75. The average molecular weight is 369 g/mol. The number of thiophene rings is 1. The van der Waals surface area contributed by atoms with Crippen LogP contribution in [0.5, 0.6) is 0 Å². The highest BCUT2D eigenvalue weighted by atomic mass is 79.9. The Labute approximate surface area is 136 Å². The first-order valence-corrected chi connectivity index (χ1v) is 8.48. The highest BCUT2D eigenvalue weighted by molar-refractivity contribution is 9.10. The minimum Gasteiger partial charge on any atom is -0.397 e. The molecule has 0 aliphatic carbocycles. The maximum absolute atomic E-state index is 12.8. The molecular formula is C15H17BrN2O2S. The first kappa shape index (κ1) is 14.8. The molecule has 1 amide bonds. The highest BCUT2D eigenvalue weighted by Gasteiger charge is 2.30. The van der Waals surface area contributed by atoms with Crippen LogP contribution >= 0.6 is 27.3 Å². The van der Waals surface area contributed by atoms with E-state index in [4.69, 9.17) is 10.5 Å². The zero-order chi connectivity index (χ0) is 15.1. The smallest absolute Gasteiger partial charge is 0.266 e. The number of carbonyl (C=O) groups excluding carboxylic acids is 1. The molecule has 4 nitrogen and oxygen atoms in total. The molecule has 21 heavy (non-hydrogen) atoms. The summed E-state index contributed by atoms with van der Waals surface area (Å²) in [5.74, 6) is 0.00692. The topological polar surface area (TPSA) is 55.6 Å². The Morgan fingerprint density at radius 2 is 2.24 bits per heavy atom. The van der Waals surface area contributed by atoms with Crippen molar-refractivity contribution in [2.24, 2.45) is 0 Å². The second kappa shape index (κ2) is 5.59. The van der Waals surface area contributed by atoms with Crippen molar-refractivity contribution in [3.63, 3.8) is 0 Å². The lowest BCUT2D eigenvalue weighted by molar-refractivity contribution is -0.0385. The molecule has 1 aromatic carbocycles. The first-order chi connectivity index (χ1) is 9.97. The number of ether oxygens (including phenoxy) is 1. The number of fused-ring (bicyclic) bond motifs is 1. The number of halogens is 1. The zero-order valence-corrected chi connectivity index (χ0v) is 14.3. The first-order valence-electron chi connectivity index (χ1n) is 6.87. The van der Waals surface area contributed by atoms with Crippen molar-refractivity contribution in [2.45, 2.75) is 26.0 Å². The number of rotatable bonds is 1. The summed E-state index contributed by atoms with van der Waals surface area (Å²) < 4.78 is 7.58. The summed E-state index contributed by atoms with van der Waals surface area (Å²) in [6.07, 6.45) is 0.0647. The lowest BCUT2D eigenvalue weighted by atomic mass is 10.1. The largest absolute Gasteiger partial charge is 0.397 e. The Kier molecular flexibility index (Phi) is 3.94. The van der Waals surface area contributed by atoms with Crippen molar-refractivity contribution in [3.05, 3.63) is 27.5 Å². The van der Waals surface area contributed by atoms with Crippen molar-refractivity contribution in [2.75, 3.05) is 18.9 Å². The maximum Gasteiger partial charge on any atom is 0.266 e. The van der Waals surface area contributed by atoms with Crippen molar-refractivity contribution >= 4 is 48.9 Å². The lowest BCUT2D eigenvalue weighted by Crippen LogP contribution is -2.50. The van der Waals surface area contributed by atoms with E-state index in [2.05, 4.69) is 15.9 Å². The van der Waals surface area contributed by atoms with Gasteiger partial charge < -0.3 is 15.4 Å². The quantitative estimate of drug-likeness (QED) is 0.837. The van der Waals surface area contributed by atoms with Gasteiger partial charge >= 0.3 is 0 Å². The molecule has 1 fully saturated rings. The Morgan fingerprint density at radius 3 is 3.00 bits per heavy atom. The summed E-state index contributed by atoms with van der Waals surface area (Å²) in [5, 5.41) is 0.937.